The number of thiazole rings is 1. The Balaban J connectivity index is 1.86. The third kappa shape index (κ3) is 4.79. The Hall–Kier alpha value is -2.41. The van der Waals surface area contributed by atoms with Crippen LogP contribution in [0.25, 0.3) is 0 Å². The number of aromatic nitrogens is 1. The van der Waals surface area contributed by atoms with Crippen LogP contribution in [0.4, 0.5) is 5.13 Å². The van der Waals surface area contributed by atoms with Crippen molar-refractivity contribution in [3.63, 3.8) is 0 Å². The molecular formula is C17H20N2O4S. The van der Waals surface area contributed by atoms with Gasteiger partial charge in [-0.25, -0.2) is 9.78 Å². The van der Waals surface area contributed by atoms with Crippen LogP contribution in [0.2, 0.25) is 0 Å². The van der Waals surface area contributed by atoms with E-state index in [4.69, 9.17) is 4.74 Å². The maximum absolute atomic E-state index is 12.0. The number of nitrogens with zero attached hydrogens (tertiary/aromatic N) is 1. The van der Waals surface area contributed by atoms with Crippen molar-refractivity contribution in [3.05, 3.63) is 39.9 Å². The number of amides is 1. The van der Waals surface area contributed by atoms with E-state index in [1.165, 1.54) is 7.11 Å². The molecule has 0 bridgehead atoms. The van der Waals surface area contributed by atoms with Gasteiger partial charge in [-0.15, -0.1) is 0 Å². The van der Waals surface area contributed by atoms with Crippen molar-refractivity contribution in [2.24, 2.45) is 0 Å². The molecule has 0 fully saturated rings. The number of esters is 1. The molecule has 0 aliphatic carbocycles. The molecule has 0 aliphatic heterocycles. The van der Waals surface area contributed by atoms with Gasteiger partial charge >= 0.3 is 5.97 Å². The highest BCUT2D eigenvalue weighted by Crippen LogP contribution is 2.23. The zero-order chi connectivity index (χ0) is 17.7. The van der Waals surface area contributed by atoms with Gasteiger partial charge < -0.3 is 14.8 Å². The first-order valence-electron chi connectivity index (χ1n) is 7.45. The fourth-order valence-corrected chi connectivity index (χ4v) is 3.09. The van der Waals surface area contributed by atoms with E-state index in [2.05, 4.69) is 21.1 Å². The van der Waals surface area contributed by atoms with Crippen molar-refractivity contribution in [1.82, 2.24) is 4.98 Å². The van der Waals surface area contributed by atoms with Crippen LogP contribution in [0.1, 0.15) is 32.9 Å². The van der Waals surface area contributed by atoms with E-state index in [-0.39, 0.29) is 18.9 Å². The number of carbonyl (C=O) groups excluding carboxylic acids is 2. The molecule has 0 aliphatic rings. The number of nitrogens with one attached hydrogen (secondary N) is 1. The number of carbonyl (C=O) groups is 2. The number of aryl methyl sites for hydroxylation is 3. The second-order valence-corrected chi connectivity index (χ2v) is 6.39. The van der Waals surface area contributed by atoms with Crippen LogP contribution < -0.4 is 10.1 Å². The Morgan fingerprint density at radius 2 is 1.83 bits per heavy atom. The smallest absolute Gasteiger partial charge is 0.350 e. The zero-order valence-corrected chi connectivity index (χ0v) is 15.0. The Kier molecular flexibility index (Phi) is 5.92. The first-order chi connectivity index (χ1) is 11.4. The van der Waals surface area contributed by atoms with E-state index in [9.17, 15) is 9.59 Å². The molecule has 6 nitrogen and oxygen atoms in total. The predicted molar refractivity (Wildman–Crippen MR) is 92.8 cm³/mol. The van der Waals surface area contributed by atoms with E-state index in [0.717, 1.165) is 28.2 Å². The average Bonchev–Trinajstić information content (AvgIpc) is 2.86. The standard InChI is InChI=1S/C17H20N2O4S/c1-10-7-11(2)9-13(8-10)23-6-5-14(20)19-17-18-12(3)15(24-17)16(21)22-4/h7-9H,5-6H2,1-4H3,(H,18,19,20). The molecule has 1 N–H and O–H groups in total. The molecule has 0 spiro atoms. The molecule has 1 heterocycles. The van der Waals surface area contributed by atoms with E-state index in [0.29, 0.717) is 15.7 Å². The van der Waals surface area contributed by atoms with Crippen LogP contribution >= 0.6 is 11.3 Å². The molecule has 2 aromatic rings. The minimum absolute atomic E-state index is 0.194. The van der Waals surface area contributed by atoms with Crippen molar-refractivity contribution in [2.75, 3.05) is 19.0 Å². The van der Waals surface area contributed by atoms with Crippen LogP contribution in [0, 0.1) is 20.8 Å². The van der Waals surface area contributed by atoms with Crippen LogP contribution in [-0.2, 0) is 9.53 Å². The van der Waals surface area contributed by atoms with Crippen molar-refractivity contribution in [1.29, 1.82) is 0 Å². The molecule has 0 saturated carbocycles. The average molecular weight is 348 g/mol. The second-order valence-electron chi connectivity index (χ2n) is 5.40. The predicted octanol–water partition coefficient (Wildman–Crippen LogP) is 3.26. The number of methoxy groups -OCH3 is 1. The minimum Gasteiger partial charge on any atom is -0.493 e. The van der Waals surface area contributed by atoms with Crippen LogP contribution in [-0.4, -0.2) is 30.6 Å². The highest BCUT2D eigenvalue weighted by atomic mass is 32.1. The Labute approximate surface area is 144 Å². The number of ether oxygens (including phenoxy) is 2. The quantitative estimate of drug-likeness (QED) is 0.811. The molecule has 0 unspecified atom stereocenters. The summed E-state index contributed by atoms with van der Waals surface area (Å²) in [7, 11) is 1.31. The highest BCUT2D eigenvalue weighted by molar-refractivity contribution is 7.17. The Morgan fingerprint density at radius 3 is 2.46 bits per heavy atom. The number of hydrogen-bond acceptors (Lipinski definition) is 6. The van der Waals surface area contributed by atoms with Crippen molar-refractivity contribution >= 4 is 28.3 Å². The molecule has 24 heavy (non-hydrogen) atoms. The molecule has 0 radical (unpaired) electrons. The molecule has 0 atom stereocenters. The molecular weight excluding hydrogens is 328 g/mol. The normalized spacial score (nSPS) is 10.3. The molecule has 2 rings (SSSR count). The molecule has 128 valence electrons. The van der Waals surface area contributed by atoms with Crippen molar-refractivity contribution < 1.29 is 19.1 Å². The van der Waals surface area contributed by atoms with Gasteiger partial charge in [0.1, 0.15) is 10.6 Å². The van der Waals surface area contributed by atoms with Gasteiger partial charge in [0.2, 0.25) is 5.91 Å². The summed E-state index contributed by atoms with van der Waals surface area (Å²) >= 11 is 1.10. The van der Waals surface area contributed by atoms with Crippen LogP contribution in [0.5, 0.6) is 5.75 Å². The topological polar surface area (TPSA) is 77.5 Å². The maximum atomic E-state index is 12.0. The lowest BCUT2D eigenvalue weighted by atomic mass is 10.1. The first-order valence-corrected chi connectivity index (χ1v) is 8.27. The molecule has 1 aromatic carbocycles. The van der Waals surface area contributed by atoms with Gasteiger partial charge in [-0.05, 0) is 44.0 Å². The summed E-state index contributed by atoms with van der Waals surface area (Å²) in [5.41, 5.74) is 2.76. The maximum Gasteiger partial charge on any atom is 0.350 e. The van der Waals surface area contributed by atoms with Gasteiger partial charge in [-0.2, -0.15) is 0 Å². The summed E-state index contributed by atoms with van der Waals surface area (Å²) in [5.74, 6) is 0.0755. The van der Waals surface area contributed by atoms with E-state index in [1.807, 2.05) is 26.0 Å². The third-order valence-corrected chi connectivity index (χ3v) is 4.26. The fourth-order valence-electron chi connectivity index (χ4n) is 2.19. The largest absolute Gasteiger partial charge is 0.493 e. The van der Waals surface area contributed by atoms with E-state index >= 15 is 0 Å². The summed E-state index contributed by atoms with van der Waals surface area (Å²) in [6.45, 7) is 5.96. The molecule has 1 amide bonds. The van der Waals surface area contributed by atoms with Gasteiger partial charge in [0.05, 0.1) is 25.8 Å². The summed E-state index contributed by atoms with van der Waals surface area (Å²) in [5, 5.41) is 3.05. The van der Waals surface area contributed by atoms with E-state index < -0.39 is 5.97 Å². The number of rotatable bonds is 6. The Bertz CT molecular complexity index is 735. The van der Waals surface area contributed by atoms with E-state index in [1.54, 1.807) is 6.92 Å². The SMILES string of the molecule is COC(=O)c1sc(NC(=O)CCOc2cc(C)cc(C)c2)nc1C. The lowest BCUT2D eigenvalue weighted by molar-refractivity contribution is -0.116. The number of hydrogen-bond donors (Lipinski definition) is 1. The van der Waals surface area contributed by atoms with Gasteiger partial charge in [-0.1, -0.05) is 17.4 Å². The minimum atomic E-state index is -0.455. The third-order valence-electron chi connectivity index (χ3n) is 3.21. The summed E-state index contributed by atoms with van der Waals surface area (Å²) in [4.78, 5) is 28.0. The summed E-state index contributed by atoms with van der Waals surface area (Å²) < 4.78 is 10.3. The van der Waals surface area contributed by atoms with Crippen LogP contribution in [0.15, 0.2) is 18.2 Å². The highest BCUT2D eigenvalue weighted by Gasteiger charge is 2.16. The molecule has 7 heteroatoms. The fraction of sp³-hybridized carbons (Fsp3) is 0.353. The molecule has 0 saturated heterocycles. The second kappa shape index (κ2) is 7.92. The van der Waals surface area contributed by atoms with Crippen LogP contribution in [0.3, 0.4) is 0 Å². The monoisotopic (exact) mass is 348 g/mol. The lowest BCUT2D eigenvalue weighted by Crippen LogP contribution is -2.15. The number of anilines is 1. The Morgan fingerprint density at radius 1 is 1.17 bits per heavy atom. The van der Waals surface area contributed by atoms with Gasteiger partial charge in [0.15, 0.2) is 5.13 Å². The first kappa shape index (κ1) is 17.9. The van der Waals surface area contributed by atoms with Gasteiger partial charge in [-0.3, -0.25) is 4.79 Å². The lowest BCUT2D eigenvalue weighted by Gasteiger charge is -2.08. The zero-order valence-electron chi connectivity index (χ0n) is 14.1. The molecule has 1 aromatic heterocycles. The summed E-state index contributed by atoms with van der Waals surface area (Å²) in [6, 6.07) is 5.92. The number of benzene rings is 1. The summed E-state index contributed by atoms with van der Waals surface area (Å²) in [6.07, 6.45) is 0.194. The van der Waals surface area contributed by atoms with Crippen molar-refractivity contribution in [3.8, 4) is 5.75 Å². The van der Waals surface area contributed by atoms with Gasteiger partial charge in [0.25, 0.3) is 0 Å². The van der Waals surface area contributed by atoms with Gasteiger partial charge in [0, 0.05) is 0 Å². The van der Waals surface area contributed by atoms with Crippen molar-refractivity contribution in [2.45, 2.75) is 27.2 Å².